The number of benzene rings is 2. The zero-order valence-electron chi connectivity index (χ0n) is 12.5. The Bertz CT molecular complexity index is 633. The van der Waals surface area contributed by atoms with Gasteiger partial charge in [-0.15, -0.1) is 0 Å². The molecule has 2 nitrogen and oxygen atoms in total. The SMILES string of the molecule is O=C(c1ccccc1F)C1CCN(Cc2ccccc2)CC1. The van der Waals surface area contributed by atoms with Crippen molar-refractivity contribution in [1.29, 1.82) is 0 Å². The van der Waals surface area contributed by atoms with Gasteiger partial charge in [0.1, 0.15) is 5.82 Å². The van der Waals surface area contributed by atoms with Crippen molar-refractivity contribution in [2.24, 2.45) is 5.92 Å². The van der Waals surface area contributed by atoms with Crippen LogP contribution in [-0.2, 0) is 6.54 Å². The van der Waals surface area contributed by atoms with Crippen LogP contribution in [0.25, 0.3) is 0 Å². The lowest BCUT2D eigenvalue weighted by Crippen LogP contribution is -2.36. The molecule has 2 aromatic carbocycles. The Morgan fingerprint density at radius 3 is 2.32 bits per heavy atom. The molecule has 22 heavy (non-hydrogen) atoms. The van der Waals surface area contributed by atoms with Gasteiger partial charge in [0.25, 0.3) is 0 Å². The normalized spacial score (nSPS) is 16.6. The summed E-state index contributed by atoms with van der Waals surface area (Å²) in [4.78, 5) is 14.8. The van der Waals surface area contributed by atoms with Crippen LogP contribution in [0.3, 0.4) is 0 Å². The highest BCUT2D eigenvalue weighted by molar-refractivity contribution is 5.98. The Labute approximate surface area is 130 Å². The van der Waals surface area contributed by atoms with E-state index >= 15 is 0 Å². The second kappa shape index (κ2) is 6.84. The van der Waals surface area contributed by atoms with Crippen molar-refractivity contribution in [1.82, 2.24) is 4.90 Å². The van der Waals surface area contributed by atoms with Crippen LogP contribution in [0.15, 0.2) is 54.6 Å². The largest absolute Gasteiger partial charge is 0.299 e. The summed E-state index contributed by atoms with van der Waals surface area (Å²) in [6.45, 7) is 2.70. The van der Waals surface area contributed by atoms with Gasteiger partial charge in [0, 0.05) is 12.5 Å². The predicted molar refractivity (Wildman–Crippen MR) is 85.2 cm³/mol. The fourth-order valence-corrected chi connectivity index (χ4v) is 3.08. The molecule has 1 aliphatic rings. The summed E-state index contributed by atoms with van der Waals surface area (Å²) >= 11 is 0. The maximum atomic E-state index is 13.7. The third-order valence-corrected chi connectivity index (χ3v) is 4.35. The second-order valence-corrected chi connectivity index (χ2v) is 5.88. The standard InChI is InChI=1S/C19H20FNO/c20-18-9-5-4-8-17(18)19(22)16-10-12-21(13-11-16)14-15-6-2-1-3-7-15/h1-9,16H,10-14H2. The predicted octanol–water partition coefficient (Wildman–Crippen LogP) is 3.92. The van der Waals surface area contributed by atoms with E-state index in [9.17, 15) is 9.18 Å². The number of Topliss-reactive ketones (excluding diaryl/α,β-unsaturated/α-hetero) is 1. The van der Waals surface area contributed by atoms with Gasteiger partial charge in [-0.05, 0) is 43.6 Å². The molecule has 0 radical (unpaired) electrons. The van der Waals surface area contributed by atoms with Gasteiger partial charge in [0.15, 0.2) is 5.78 Å². The second-order valence-electron chi connectivity index (χ2n) is 5.88. The van der Waals surface area contributed by atoms with E-state index in [0.29, 0.717) is 0 Å². The first-order chi connectivity index (χ1) is 10.7. The van der Waals surface area contributed by atoms with E-state index in [1.807, 2.05) is 18.2 Å². The molecule has 3 heteroatoms. The van der Waals surface area contributed by atoms with Crippen LogP contribution in [-0.4, -0.2) is 23.8 Å². The average molecular weight is 297 g/mol. The summed E-state index contributed by atoms with van der Waals surface area (Å²) in [5, 5.41) is 0. The number of rotatable bonds is 4. The van der Waals surface area contributed by atoms with E-state index in [4.69, 9.17) is 0 Å². The third kappa shape index (κ3) is 3.42. The fourth-order valence-electron chi connectivity index (χ4n) is 3.08. The Balaban J connectivity index is 1.58. The minimum absolute atomic E-state index is 0.0440. The van der Waals surface area contributed by atoms with Crippen LogP contribution in [0, 0.1) is 11.7 Å². The van der Waals surface area contributed by atoms with E-state index in [1.54, 1.807) is 18.2 Å². The van der Waals surface area contributed by atoms with Crippen LogP contribution in [0.2, 0.25) is 0 Å². The highest BCUT2D eigenvalue weighted by Crippen LogP contribution is 2.24. The first-order valence-corrected chi connectivity index (χ1v) is 7.79. The van der Waals surface area contributed by atoms with Crippen molar-refractivity contribution in [3.63, 3.8) is 0 Å². The van der Waals surface area contributed by atoms with E-state index in [2.05, 4.69) is 17.0 Å². The zero-order valence-corrected chi connectivity index (χ0v) is 12.5. The summed E-state index contributed by atoms with van der Waals surface area (Å²) in [6, 6.07) is 16.6. The molecule has 1 aliphatic heterocycles. The highest BCUT2D eigenvalue weighted by atomic mass is 19.1. The molecule has 0 aliphatic carbocycles. The smallest absolute Gasteiger partial charge is 0.168 e. The quantitative estimate of drug-likeness (QED) is 0.797. The van der Waals surface area contributed by atoms with Crippen LogP contribution in [0.4, 0.5) is 4.39 Å². The molecule has 0 bridgehead atoms. The van der Waals surface area contributed by atoms with Crippen LogP contribution >= 0.6 is 0 Å². The van der Waals surface area contributed by atoms with Gasteiger partial charge in [-0.1, -0.05) is 42.5 Å². The molecule has 0 amide bonds. The average Bonchev–Trinajstić information content (AvgIpc) is 2.56. The van der Waals surface area contributed by atoms with E-state index < -0.39 is 5.82 Å². The number of carbonyl (C=O) groups excluding carboxylic acids is 1. The van der Waals surface area contributed by atoms with Crippen molar-refractivity contribution in [2.45, 2.75) is 19.4 Å². The monoisotopic (exact) mass is 297 g/mol. The minimum atomic E-state index is -0.404. The first kappa shape index (κ1) is 14.9. The van der Waals surface area contributed by atoms with Gasteiger partial charge >= 0.3 is 0 Å². The summed E-state index contributed by atoms with van der Waals surface area (Å²) < 4.78 is 13.7. The molecule has 1 saturated heterocycles. The van der Waals surface area contributed by atoms with Gasteiger partial charge < -0.3 is 0 Å². The summed E-state index contributed by atoms with van der Waals surface area (Å²) in [5.74, 6) is -0.499. The Morgan fingerprint density at radius 2 is 1.64 bits per heavy atom. The molecule has 0 aromatic heterocycles. The summed E-state index contributed by atoms with van der Waals surface area (Å²) in [7, 11) is 0. The molecule has 1 fully saturated rings. The number of likely N-dealkylation sites (tertiary alicyclic amines) is 1. The van der Waals surface area contributed by atoms with Crippen LogP contribution in [0.1, 0.15) is 28.8 Å². The zero-order chi connectivity index (χ0) is 15.4. The maximum absolute atomic E-state index is 13.7. The molecule has 3 rings (SSSR count). The number of piperidine rings is 1. The van der Waals surface area contributed by atoms with Gasteiger partial charge in [0.2, 0.25) is 0 Å². The number of carbonyl (C=O) groups is 1. The van der Waals surface area contributed by atoms with Crippen LogP contribution < -0.4 is 0 Å². The Hall–Kier alpha value is -2.00. The molecule has 0 unspecified atom stereocenters. The number of hydrogen-bond acceptors (Lipinski definition) is 2. The molecule has 0 atom stereocenters. The summed E-state index contributed by atoms with van der Waals surface area (Å²) in [5.41, 5.74) is 1.53. The lowest BCUT2D eigenvalue weighted by atomic mass is 9.88. The lowest BCUT2D eigenvalue weighted by Gasteiger charge is -2.31. The highest BCUT2D eigenvalue weighted by Gasteiger charge is 2.27. The molecular formula is C19H20FNO. The van der Waals surface area contributed by atoms with E-state index in [1.165, 1.54) is 11.6 Å². The van der Waals surface area contributed by atoms with Gasteiger partial charge in [-0.3, -0.25) is 9.69 Å². The molecule has 1 heterocycles. The van der Waals surface area contributed by atoms with Crippen molar-refractivity contribution < 1.29 is 9.18 Å². The van der Waals surface area contributed by atoms with Gasteiger partial charge in [-0.25, -0.2) is 4.39 Å². The van der Waals surface area contributed by atoms with Crippen molar-refractivity contribution in [3.05, 3.63) is 71.5 Å². The molecule has 114 valence electrons. The molecule has 0 N–H and O–H groups in total. The Morgan fingerprint density at radius 1 is 1.00 bits per heavy atom. The van der Waals surface area contributed by atoms with Crippen molar-refractivity contribution >= 4 is 5.78 Å². The number of halogens is 1. The molecule has 0 spiro atoms. The minimum Gasteiger partial charge on any atom is -0.299 e. The lowest BCUT2D eigenvalue weighted by molar-refractivity contribution is 0.0830. The third-order valence-electron chi connectivity index (χ3n) is 4.35. The van der Waals surface area contributed by atoms with Crippen molar-refractivity contribution in [2.75, 3.05) is 13.1 Å². The van der Waals surface area contributed by atoms with E-state index in [-0.39, 0.29) is 17.3 Å². The molecular weight excluding hydrogens is 277 g/mol. The molecule has 2 aromatic rings. The Kier molecular flexibility index (Phi) is 4.64. The summed E-state index contributed by atoms with van der Waals surface area (Å²) in [6.07, 6.45) is 1.61. The topological polar surface area (TPSA) is 20.3 Å². The van der Waals surface area contributed by atoms with Crippen molar-refractivity contribution in [3.8, 4) is 0 Å². The number of nitrogens with zero attached hydrogens (tertiary/aromatic N) is 1. The number of hydrogen-bond donors (Lipinski definition) is 0. The van der Waals surface area contributed by atoms with Gasteiger partial charge in [0.05, 0.1) is 5.56 Å². The van der Waals surface area contributed by atoms with Crippen LogP contribution in [0.5, 0.6) is 0 Å². The fraction of sp³-hybridized carbons (Fsp3) is 0.316. The van der Waals surface area contributed by atoms with Gasteiger partial charge in [-0.2, -0.15) is 0 Å². The number of ketones is 1. The van der Waals surface area contributed by atoms with E-state index in [0.717, 1.165) is 32.5 Å². The first-order valence-electron chi connectivity index (χ1n) is 7.79. The molecule has 0 saturated carbocycles. The maximum Gasteiger partial charge on any atom is 0.168 e.